The Morgan fingerprint density at radius 2 is 2.11 bits per heavy atom. The number of hydrogen-bond donors (Lipinski definition) is 2. The molecule has 2 aromatic rings. The standard InChI is InChI=1S/C14H18N2OS2/c18-9-14(5-7-17-8-6-14)10-19-13-15-11-3-1-2-4-12(11)16-13/h1-4,18H,5-10H2,(H,15,16). The lowest BCUT2D eigenvalue weighted by Crippen LogP contribution is -2.33. The van der Waals surface area contributed by atoms with Gasteiger partial charge in [0.1, 0.15) is 0 Å². The number of imidazole rings is 1. The smallest absolute Gasteiger partial charge is 0.166 e. The third kappa shape index (κ3) is 2.93. The van der Waals surface area contributed by atoms with Crippen molar-refractivity contribution < 1.29 is 4.74 Å². The van der Waals surface area contributed by atoms with Crippen LogP contribution in [0.2, 0.25) is 0 Å². The molecule has 102 valence electrons. The Balaban J connectivity index is 1.70. The molecule has 3 rings (SSSR count). The fraction of sp³-hybridized carbons (Fsp3) is 0.500. The van der Waals surface area contributed by atoms with Crippen LogP contribution in [0.15, 0.2) is 29.4 Å². The molecule has 0 radical (unpaired) electrons. The second-order valence-corrected chi connectivity index (χ2v) is 6.40. The first-order valence-electron chi connectivity index (χ1n) is 6.58. The third-order valence-electron chi connectivity index (χ3n) is 3.77. The maximum Gasteiger partial charge on any atom is 0.166 e. The van der Waals surface area contributed by atoms with Crippen LogP contribution in [0.4, 0.5) is 0 Å². The van der Waals surface area contributed by atoms with Gasteiger partial charge in [-0.25, -0.2) is 4.98 Å². The summed E-state index contributed by atoms with van der Waals surface area (Å²) in [7, 11) is 0. The van der Waals surface area contributed by atoms with Gasteiger partial charge in [-0.05, 0) is 36.1 Å². The Bertz CT molecular complexity index is 516. The molecule has 1 aromatic carbocycles. The van der Waals surface area contributed by atoms with Gasteiger partial charge in [0.15, 0.2) is 5.16 Å². The second-order valence-electron chi connectivity index (χ2n) is 5.12. The summed E-state index contributed by atoms with van der Waals surface area (Å²) in [6, 6.07) is 8.15. The van der Waals surface area contributed by atoms with Gasteiger partial charge in [0.2, 0.25) is 0 Å². The highest BCUT2D eigenvalue weighted by Crippen LogP contribution is 2.37. The van der Waals surface area contributed by atoms with E-state index in [2.05, 4.69) is 28.7 Å². The van der Waals surface area contributed by atoms with Crippen LogP contribution >= 0.6 is 24.4 Å². The van der Waals surface area contributed by atoms with E-state index in [4.69, 9.17) is 4.74 Å². The van der Waals surface area contributed by atoms with Crippen LogP contribution in [0.5, 0.6) is 0 Å². The highest BCUT2D eigenvalue weighted by Gasteiger charge is 2.31. The molecule has 0 amide bonds. The number of H-pyrrole nitrogens is 1. The van der Waals surface area contributed by atoms with Gasteiger partial charge >= 0.3 is 0 Å². The number of thioether (sulfide) groups is 1. The molecule has 1 fully saturated rings. The van der Waals surface area contributed by atoms with Crippen molar-refractivity contribution in [3.63, 3.8) is 0 Å². The number of aromatic nitrogens is 2. The molecule has 3 nitrogen and oxygen atoms in total. The molecular formula is C14H18N2OS2. The number of nitrogens with one attached hydrogen (secondary N) is 1. The normalized spacial score (nSPS) is 18.8. The molecule has 0 saturated carbocycles. The van der Waals surface area contributed by atoms with Crippen molar-refractivity contribution in [1.82, 2.24) is 9.97 Å². The SMILES string of the molecule is SCC1(CSc2nc3ccccc3[nH]2)CCOCC1. The highest BCUT2D eigenvalue weighted by atomic mass is 32.2. The summed E-state index contributed by atoms with van der Waals surface area (Å²) < 4.78 is 5.46. The fourth-order valence-corrected chi connectivity index (χ4v) is 4.13. The van der Waals surface area contributed by atoms with Crippen molar-refractivity contribution in [2.75, 3.05) is 24.7 Å². The van der Waals surface area contributed by atoms with Gasteiger partial charge in [0.05, 0.1) is 11.0 Å². The molecule has 2 heterocycles. The molecule has 0 aliphatic carbocycles. The van der Waals surface area contributed by atoms with Crippen LogP contribution < -0.4 is 0 Å². The first kappa shape index (κ1) is 13.3. The van der Waals surface area contributed by atoms with Crippen molar-refractivity contribution >= 4 is 35.4 Å². The fourth-order valence-electron chi connectivity index (χ4n) is 2.37. The maximum atomic E-state index is 5.46. The minimum absolute atomic E-state index is 0.297. The van der Waals surface area contributed by atoms with Crippen molar-refractivity contribution in [1.29, 1.82) is 0 Å². The Hall–Kier alpha value is -0.650. The molecular weight excluding hydrogens is 276 g/mol. The summed E-state index contributed by atoms with van der Waals surface area (Å²) in [6.45, 7) is 1.72. The molecule has 1 aromatic heterocycles. The lowest BCUT2D eigenvalue weighted by atomic mass is 9.84. The van der Waals surface area contributed by atoms with Crippen LogP contribution in [-0.4, -0.2) is 34.7 Å². The van der Waals surface area contributed by atoms with Gasteiger partial charge in [0.25, 0.3) is 0 Å². The highest BCUT2D eigenvalue weighted by molar-refractivity contribution is 7.99. The summed E-state index contributed by atoms with van der Waals surface area (Å²) in [5.41, 5.74) is 2.44. The van der Waals surface area contributed by atoms with Crippen molar-refractivity contribution in [3.05, 3.63) is 24.3 Å². The molecule has 1 aliphatic rings. The zero-order valence-electron chi connectivity index (χ0n) is 10.8. The second kappa shape index (κ2) is 5.77. The molecule has 0 spiro atoms. The minimum Gasteiger partial charge on any atom is -0.381 e. The molecule has 0 atom stereocenters. The number of thiol groups is 1. The average Bonchev–Trinajstić information content (AvgIpc) is 2.89. The average molecular weight is 294 g/mol. The topological polar surface area (TPSA) is 37.9 Å². The minimum atomic E-state index is 0.297. The summed E-state index contributed by atoms with van der Waals surface area (Å²) in [6.07, 6.45) is 2.20. The van der Waals surface area contributed by atoms with E-state index in [1.165, 1.54) is 0 Å². The number of ether oxygens (including phenoxy) is 1. The van der Waals surface area contributed by atoms with Crippen LogP contribution in [0, 0.1) is 5.41 Å². The van der Waals surface area contributed by atoms with E-state index < -0.39 is 0 Å². The van der Waals surface area contributed by atoms with Crippen molar-refractivity contribution in [2.24, 2.45) is 5.41 Å². The molecule has 19 heavy (non-hydrogen) atoms. The van der Waals surface area contributed by atoms with E-state index in [0.29, 0.717) is 5.41 Å². The number of hydrogen-bond acceptors (Lipinski definition) is 4. The molecule has 1 saturated heterocycles. The van der Waals surface area contributed by atoms with E-state index in [9.17, 15) is 0 Å². The molecule has 0 bridgehead atoms. The van der Waals surface area contributed by atoms with Gasteiger partial charge < -0.3 is 9.72 Å². The van der Waals surface area contributed by atoms with Crippen LogP contribution in [-0.2, 0) is 4.74 Å². The Labute approximate surface area is 122 Å². The van der Waals surface area contributed by atoms with Gasteiger partial charge in [0, 0.05) is 19.0 Å². The Morgan fingerprint density at radius 3 is 2.84 bits per heavy atom. The van der Waals surface area contributed by atoms with E-state index in [0.717, 1.165) is 53.8 Å². The predicted octanol–water partition coefficient (Wildman–Crippen LogP) is 3.38. The van der Waals surface area contributed by atoms with E-state index in [-0.39, 0.29) is 0 Å². The van der Waals surface area contributed by atoms with Gasteiger partial charge in [-0.1, -0.05) is 23.9 Å². The monoisotopic (exact) mass is 294 g/mol. The zero-order chi connectivity index (χ0) is 13.1. The van der Waals surface area contributed by atoms with Gasteiger partial charge in [-0.3, -0.25) is 0 Å². The van der Waals surface area contributed by atoms with Crippen LogP contribution in [0.1, 0.15) is 12.8 Å². The number of fused-ring (bicyclic) bond motifs is 1. The quantitative estimate of drug-likeness (QED) is 0.670. The molecule has 0 unspecified atom stereocenters. The third-order valence-corrected chi connectivity index (χ3v) is 5.67. The Kier molecular flexibility index (Phi) is 4.05. The maximum absolute atomic E-state index is 5.46. The van der Waals surface area contributed by atoms with Gasteiger partial charge in [-0.2, -0.15) is 12.6 Å². The number of benzene rings is 1. The Morgan fingerprint density at radius 1 is 1.32 bits per heavy atom. The predicted molar refractivity (Wildman–Crippen MR) is 83.2 cm³/mol. The summed E-state index contributed by atoms with van der Waals surface area (Å²) >= 11 is 6.35. The van der Waals surface area contributed by atoms with Crippen LogP contribution in [0.25, 0.3) is 11.0 Å². The van der Waals surface area contributed by atoms with E-state index in [1.54, 1.807) is 11.8 Å². The summed E-state index contributed by atoms with van der Waals surface area (Å²) in [4.78, 5) is 7.99. The number of para-hydroxylation sites is 2. The molecule has 5 heteroatoms. The zero-order valence-corrected chi connectivity index (χ0v) is 12.5. The number of rotatable bonds is 4. The van der Waals surface area contributed by atoms with E-state index >= 15 is 0 Å². The largest absolute Gasteiger partial charge is 0.381 e. The van der Waals surface area contributed by atoms with Gasteiger partial charge in [-0.15, -0.1) is 0 Å². The lowest BCUT2D eigenvalue weighted by Gasteiger charge is -2.35. The van der Waals surface area contributed by atoms with E-state index in [1.807, 2.05) is 18.2 Å². The van der Waals surface area contributed by atoms with Crippen molar-refractivity contribution in [3.8, 4) is 0 Å². The molecule has 1 aliphatic heterocycles. The lowest BCUT2D eigenvalue weighted by molar-refractivity contribution is 0.0371. The molecule has 1 N–H and O–H groups in total. The number of nitrogens with zero attached hydrogens (tertiary/aromatic N) is 1. The van der Waals surface area contributed by atoms with Crippen LogP contribution in [0.3, 0.4) is 0 Å². The summed E-state index contributed by atoms with van der Waals surface area (Å²) in [5.74, 6) is 1.98. The van der Waals surface area contributed by atoms with Crippen molar-refractivity contribution in [2.45, 2.75) is 18.0 Å². The first-order valence-corrected chi connectivity index (χ1v) is 8.19. The first-order chi connectivity index (χ1) is 9.31. The number of aromatic amines is 1. The summed E-state index contributed by atoms with van der Waals surface area (Å²) in [5, 5.41) is 1.01.